The van der Waals surface area contributed by atoms with Crippen molar-refractivity contribution >= 4 is 28.0 Å². The van der Waals surface area contributed by atoms with Crippen LogP contribution in [-0.4, -0.2) is 29.9 Å². The number of aromatic nitrogens is 6. The molecule has 0 amide bonds. The second-order valence-electron chi connectivity index (χ2n) is 5.84. The molecule has 0 saturated heterocycles. The van der Waals surface area contributed by atoms with Gasteiger partial charge in [-0.25, -0.2) is 14.1 Å². The molecule has 8 nitrogen and oxygen atoms in total. The summed E-state index contributed by atoms with van der Waals surface area (Å²) in [5.41, 5.74) is 8.35. The minimum atomic E-state index is -0.336. The Kier molecular flexibility index (Phi) is 3.02. The summed E-state index contributed by atoms with van der Waals surface area (Å²) < 4.78 is 21.3. The van der Waals surface area contributed by atoms with Gasteiger partial charge < -0.3 is 15.1 Å². The summed E-state index contributed by atoms with van der Waals surface area (Å²) in [7, 11) is 0. The Morgan fingerprint density at radius 1 is 1.23 bits per heavy atom. The lowest BCUT2D eigenvalue weighted by molar-refractivity contribution is 0.580. The number of fused-ring (bicyclic) bond motifs is 2. The van der Waals surface area contributed by atoms with E-state index in [0.717, 1.165) is 10.9 Å². The molecular weight excluding hydrogens is 337 g/mol. The third-order valence-electron chi connectivity index (χ3n) is 4.18. The van der Waals surface area contributed by atoms with Crippen molar-refractivity contribution in [3.05, 3.63) is 54.2 Å². The third kappa shape index (κ3) is 2.21. The molecule has 5 rings (SSSR count). The third-order valence-corrected chi connectivity index (χ3v) is 4.18. The Morgan fingerprint density at radius 3 is 3.00 bits per heavy atom. The number of H-pyrrole nitrogens is 1. The number of nitrogen functional groups attached to an aromatic ring is 1. The van der Waals surface area contributed by atoms with Crippen LogP contribution in [0.25, 0.3) is 33.5 Å². The number of halogens is 1. The molecule has 4 aromatic heterocycles. The first-order valence-corrected chi connectivity index (χ1v) is 7.85. The van der Waals surface area contributed by atoms with Gasteiger partial charge in [0.15, 0.2) is 16.9 Å². The van der Waals surface area contributed by atoms with E-state index in [1.54, 1.807) is 24.4 Å². The fraction of sp³-hybridized carbons (Fsp3) is 0.0588. The van der Waals surface area contributed by atoms with Gasteiger partial charge in [0.1, 0.15) is 11.5 Å². The van der Waals surface area contributed by atoms with Crippen LogP contribution in [0.15, 0.2) is 47.2 Å². The zero-order valence-electron chi connectivity index (χ0n) is 13.3. The number of hydrogen-bond donors (Lipinski definition) is 2. The predicted molar refractivity (Wildman–Crippen MR) is 92.6 cm³/mol. The summed E-state index contributed by atoms with van der Waals surface area (Å²) in [4.78, 5) is 11.4. The number of nitrogens with zero attached hydrogens (tertiary/aromatic N) is 5. The number of benzene rings is 1. The molecule has 9 heteroatoms. The zero-order chi connectivity index (χ0) is 17.7. The lowest BCUT2D eigenvalue weighted by Gasteiger charge is -2.05. The van der Waals surface area contributed by atoms with Gasteiger partial charge in [0, 0.05) is 17.3 Å². The van der Waals surface area contributed by atoms with Crippen LogP contribution >= 0.6 is 0 Å². The van der Waals surface area contributed by atoms with Crippen molar-refractivity contribution in [3.63, 3.8) is 0 Å². The highest BCUT2D eigenvalue weighted by Crippen LogP contribution is 2.26. The highest BCUT2D eigenvalue weighted by molar-refractivity contribution is 5.86. The maximum atomic E-state index is 14.4. The van der Waals surface area contributed by atoms with Crippen LogP contribution in [0.2, 0.25) is 0 Å². The highest BCUT2D eigenvalue weighted by atomic mass is 19.1. The van der Waals surface area contributed by atoms with Crippen molar-refractivity contribution in [1.82, 2.24) is 29.9 Å². The van der Waals surface area contributed by atoms with Gasteiger partial charge >= 0.3 is 0 Å². The molecule has 0 aliphatic carbocycles. The van der Waals surface area contributed by atoms with Crippen LogP contribution in [0.5, 0.6) is 0 Å². The van der Waals surface area contributed by atoms with E-state index < -0.39 is 0 Å². The average Bonchev–Trinajstić information content (AvgIpc) is 3.36. The summed E-state index contributed by atoms with van der Waals surface area (Å²) in [5.74, 6) is 0.238. The molecule has 0 aliphatic heterocycles. The summed E-state index contributed by atoms with van der Waals surface area (Å²) in [6, 6.07) is 8.60. The summed E-state index contributed by atoms with van der Waals surface area (Å²) in [5, 5.41) is 9.15. The van der Waals surface area contributed by atoms with Crippen LogP contribution in [0.1, 0.15) is 5.56 Å². The highest BCUT2D eigenvalue weighted by Gasteiger charge is 2.18. The maximum Gasteiger partial charge on any atom is 0.222 e. The monoisotopic (exact) mass is 349 g/mol. The first kappa shape index (κ1) is 14.6. The number of rotatable bonds is 3. The quantitative estimate of drug-likeness (QED) is 0.518. The molecule has 0 radical (unpaired) electrons. The summed E-state index contributed by atoms with van der Waals surface area (Å²) >= 11 is 0. The fourth-order valence-corrected chi connectivity index (χ4v) is 2.97. The molecule has 3 N–H and O–H groups in total. The fourth-order valence-electron chi connectivity index (χ4n) is 2.97. The molecule has 0 aliphatic rings. The van der Waals surface area contributed by atoms with Gasteiger partial charge in [0.2, 0.25) is 5.95 Å². The van der Waals surface area contributed by atoms with Gasteiger partial charge in [-0.05, 0) is 35.7 Å². The van der Waals surface area contributed by atoms with Crippen LogP contribution in [0.3, 0.4) is 0 Å². The molecular formula is C17H12FN7O. The molecule has 5 aromatic rings. The smallest absolute Gasteiger partial charge is 0.222 e. The maximum absolute atomic E-state index is 14.4. The van der Waals surface area contributed by atoms with Crippen molar-refractivity contribution in [2.45, 2.75) is 6.54 Å². The molecule has 0 bridgehead atoms. The molecule has 0 spiro atoms. The Bertz CT molecular complexity index is 1240. The summed E-state index contributed by atoms with van der Waals surface area (Å²) in [6.45, 7) is 0.164. The Labute approximate surface area is 145 Å². The van der Waals surface area contributed by atoms with E-state index >= 15 is 0 Å². The zero-order valence-corrected chi connectivity index (χ0v) is 13.3. The molecule has 0 unspecified atom stereocenters. The number of nitrogens with two attached hydrogens (primary N) is 1. The SMILES string of the molecule is Nc1nc(-c2ccco2)c2nnn(Cc3cc4cc[nH]c4cc3F)c2n1. The molecule has 26 heavy (non-hydrogen) atoms. The van der Waals surface area contributed by atoms with Gasteiger partial charge in [-0.2, -0.15) is 4.98 Å². The average molecular weight is 349 g/mol. The van der Waals surface area contributed by atoms with Crippen LogP contribution < -0.4 is 5.73 Å². The number of furan rings is 1. The first-order valence-electron chi connectivity index (χ1n) is 7.85. The van der Waals surface area contributed by atoms with Crippen LogP contribution in [-0.2, 0) is 6.54 Å². The molecule has 4 heterocycles. The van der Waals surface area contributed by atoms with Crippen molar-refractivity contribution < 1.29 is 8.81 Å². The lowest BCUT2D eigenvalue weighted by atomic mass is 10.1. The van der Waals surface area contributed by atoms with Gasteiger partial charge in [-0.3, -0.25) is 0 Å². The van der Waals surface area contributed by atoms with Crippen LogP contribution in [0.4, 0.5) is 10.3 Å². The van der Waals surface area contributed by atoms with Crippen molar-refractivity contribution in [2.75, 3.05) is 5.73 Å². The predicted octanol–water partition coefficient (Wildman–Crippen LogP) is 2.73. The van der Waals surface area contributed by atoms with Crippen molar-refractivity contribution in [1.29, 1.82) is 0 Å². The van der Waals surface area contributed by atoms with Gasteiger partial charge in [-0.15, -0.1) is 5.10 Å². The Hall–Kier alpha value is -3.75. The Balaban J connectivity index is 1.64. The van der Waals surface area contributed by atoms with E-state index in [0.29, 0.717) is 28.2 Å². The Morgan fingerprint density at radius 2 is 2.15 bits per heavy atom. The number of aromatic amines is 1. The van der Waals surface area contributed by atoms with Crippen molar-refractivity contribution in [2.24, 2.45) is 0 Å². The van der Waals surface area contributed by atoms with E-state index in [9.17, 15) is 4.39 Å². The van der Waals surface area contributed by atoms with Gasteiger partial charge in [-0.1, -0.05) is 5.21 Å². The second-order valence-corrected chi connectivity index (χ2v) is 5.84. The normalized spacial score (nSPS) is 11.6. The lowest BCUT2D eigenvalue weighted by Crippen LogP contribution is -2.06. The van der Waals surface area contributed by atoms with E-state index in [1.807, 2.05) is 6.07 Å². The minimum Gasteiger partial charge on any atom is -0.463 e. The molecule has 128 valence electrons. The number of anilines is 1. The molecule has 0 fully saturated rings. The van der Waals surface area contributed by atoms with Crippen molar-refractivity contribution in [3.8, 4) is 11.5 Å². The van der Waals surface area contributed by atoms with E-state index in [2.05, 4.69) is 25.3 Å². The van der Waals surface area contributed by atoms with Gasteiger partial charge in [0.05, 0.1) is 12.8 Å². The number of hydrogen-bond acceptors (Lipinski definition) is 6. The van der Waals surface area contributed by atoms with E-state index in [1.165, 1.54) is 17.0 Å². The molecule has 0 atom stereocenters. The molecule has 1 aromatic carbocycles. The second kappa shape index (κ2) is 5.38. The van der Waals surface area contributed by atoms with Crippen LogP contribution in [0, 0.1) is 5.82 Å². The first-order chi connectivity index (χ1) is 12.7. The summed E-state index contributed by atoms with van der Waals surface area (Å²) in [6.07, 6.45) is 3.30. The number of nitrogens with one attached hydrogen (secondary N) is 1. The topological polar surface area (TPSA) is 111 Å². The minimum absolute atomic E-state index is 0.0639. The molecule has 0 saturated carbocycles. The van der Waals surface area contributed by atoms with Gasteiger partial charge in [0.25, 0.3) is 0 Å². The standard InChI is InChI=1S/C17H12FN7O/c18-11-7-12-9(3-4-20-12)6-10(11)8-25-16-15(23-24-25)14(21-17(19)22-16)13-2-1-5-26-13/h1-7,20H,8H2,(H2,19,21,22). The van der Waals surface area contributed by atoms with E-state index in [4.69, 9.17) is 10.2 Å². The van der Waals surface area contributed by atoms with E-state index in [-0.39, 0.29) is 18.3 Å². The largest absolute Gasteiger partial charge is 0.463 e.